The molecule has 1 saturated heterocycles. The van der Waals surface area contributed by atoms with Gasteiger partial charge in [0.25, 0.3) is 0 Å². The predicted octanol–water partition coefficient (Wildman–Crippen LogP) is 1.54. The summed E-state index contributed by atoms with van der Waals surface area (Å²) in [5, 5.41) is 0. The molecule has 1 aromatic carbocycles. The highest BCUT2D eigenvalue weighted by atomic mass is 32.2. The molecule has 18 heavy (non-hydrogen) atoms. The fraction of sp³-hybridized carbons (Fsp3) is 0.500. The Kier molecular flexibility index (Phi) is 3.70. The number of hydrogen-bond acceptors (Lipinski definition) is 3. The van der Waals surface area contributed by atoms with E-state index in [-0.39, 0.29) is 11.0 Å². The lowest BCUT2D eigenvalue weighted by Crippen LogP contribution is -2.44. The Morgan fingerprint density at radius 1 is 1.44 bits per heavy atom. The Hall–Kier alpha value is -0.980. The number of halogens is 1. The van der Waals surface area contributed by atoms with Crippen LogP contribution in [0, 0.1) is 12.7 Å². The minimum atomic E-state index is -3.63. The second-order valence-corrected chi connectivity index (χ2v) is 6.36. The topological polar surface area (TPSA) is 46.6 Å². The van der Waals surface area contributed by atoms with Crippen molar-refractivity contribution in [2.24, 2.45) is 0 Å². The van der Waals surface area contributed by atoms with Crippen LogP contribution in [0.25, 0.3) is 0 Å². The van der Waals surface area contributed by atoms with Gasteiger partial charge in [-0.1, -0.05) is 6.07 Å². The van der Waals surface area contributed by atoms with E-state index in [0.717, 1.165) is 6.07 Å². The van der Waals surface area contributed by atoms with Gasteiger partial charge in [-0.25, -0.2) is 12.8 Å². The fourth-order valence-electron chi connectivity index (χ4n) is 2.00. The Morgan fingerprint density at radius 3 is 2.83 bits per heavy atom. The number of rotatable bonds is 2. The number of benzene rings is 1. The highest BCUT2D eigenvalue weighted by Crippen LogP contribution is 2.22. The van der Waals surface area contributed by atoms with E-state index in [1.807, 2.05) is 6.92 Å². The molecule has 1 unspecified atom stereocenters. The standard InChI is InChI=1S/C12H16FNO3S/c1-9-3-4-11(13)7-12(9)18(15,16)14-5-6-17-10(2)8-14/h3-4,7,10H,5-6,8H2,1-2H3. The van der Waals surface area contributed by atoms with Gasteiger partial charge in [-0.2, -0.15) is 4.31 Å². The average molecular weight is 273 g/mol. The molecule has 0 aliphatic carbocycles. The summed E-state index contributed by atoms with van der Waals surface area (Å²) >= 11 is 0. The van der Waals surface area contributed by atoms with E-state index in [1.54, 1.807) is 6.92 Å². The Balaban J connectivity index is 2.38. The number of nitrogens with zero attached hydrogens (tertiary/aromatic N) is 1. The van der Waals surface area contributed by atoms with Crippen LogP contribution in [0.15, 0.2) is 23.1 Å². The summed E-state index contributed by atoms with van der Waals surface area (Å²) in [4.78, 5) is 0.0385. The minimum Gasteiger partial charge on any atom is -0.376 e. The number of morpholine rings is 1. The van der Waals surface area contributed by atoms with Crippen molar-refractivity contribution >= 4 is 10.0 Å². The van der Waals surface area contributed by atoms with Crippen molar-refractivity contribution in [2.45, 2.75) is 24.8 Å². The van der Waals surface area contributed by atoms with Gasteiger partial charge in [-0.15, -0.1) is 0 Å². The van der Waals surface area contributed by atoms with Crippen LogP contribution >= 0.6 is 0 Å². The zero-order valence-corrected chi connectivity index (χ0v) is 11.2. The largest absolute Gasteiger partial charge is 0.376 e. The number of ether oxygens (including phenoxy) is 1. The quantitative estimate of drug-likeness (QED) is 0.821. The molecule has 1 aromatic rings. The maximum absolute atomic E-state index is 13.2. The zero-order chi connectivity index (χ0) is 13.3. The lowest BCUT2D eigenvalue weighted by molar-refractivity contribution is 0.0101. The van der Waals surface area contributed by atoms with E-state index in [4.69, 9.17) is 4.74 Å². The Morgan fingerprint density at radius 2 is 2.17 bits per heavy atom. The SMILES string of the molecule is Cc1ccc(F)cc1S(=O)(=O)N1CCOC(C)C1. The summed E-state index contributed by atoms with van der Waals surface area (Å²) in [5.74, 6) is -0.541. The van der Waals surface area contributed by atoms with Gasteiger partial charge in [0.1, 0.15) is 5.82 Å². The van der Waals surface area contributed by atoms with E-state index < -0.39 is 15.8 Å². The van der Waals surface area contributed by atoms with Crippen molar-refractivity contribution in [1.82, 2.24) is 4.31 Å². The lowest BCUT2D eigenvalue weighted by atomic mass is 10.2. The summed E-state index contributed by atoms with van der Waals surface area (Å²) < 4.78 is 44.7. The summed E-state index contributed by atoms with van der Waals surface area (Å²) in [5.41, 5.74) is 0.551. The molecule has 0 aromatic heterocycles. The Bertz CT molecular complexity index is 544. The highest BCUT2D eigenvalue weighted by molar-refractivity contribution is 7.89. The molecule has 1 heterocycles. The molecular formula is C12H16FNO3S. The third-order valence-electron chi connectivity index (χ3n) is 2.97. The van der Waals surface area contributed by atoms with Crippen LogP contribution in [0.2, 0.25) is 0 Å². The number of sulfonamides is 1. The predicted molar refractivity (Wildman–Crippen MR) is 65.3 cm³/mol. The third kappa shape index (κ3) is 2.55. The van der Waals surface area contributed by atoms with E-state index in [2.05, 4.69) is 0 Å². The van der Waals surface area contributed by atoms with Crippen LogP contribution < -0.4 is 0 Å². The van der Waals surface area contributed by atoms with Gasteiger partial charge in [-0.3, -0.25) is 0 Å². The molecule has 0 saturated carbocycles. The van der Waals surface area contributed by atoms with Gasteiger partial charge in [0, 0.05) is 13.1 Å². The van der Waals surface area contributed by atoms with Crippen molar-refractivity contribution < 1.29 is 17.5 Å². The highest BCUT2D eigenvalue weighted by Gasteiger charge is 2.30. The second kappa shape index (κ2) is 4.95. The van der Waals surface area contributed by atoms with Gasteiger partial charge in [0.05, 0.1) is 17.6 Å². The first-order valence-corrected chi connectivity index (χ1v) is 7.23. The molecular weight excluding hydrogens is 257 g/mol. The first-order valence-electron chi connectivity index (χ1n) is 5.79. The number of aryl methyl sites for hydroxylation is 1. The van der Waals surface area contributed by atoms with Crippen molar-refractivity contribution in [3.8, 4) is 0 Å². The summed E-state index contributed by atoms with van der Waals surface area (Å²) in [6, 6.07) is 3.81. The van der Waals surface area contributed by atoms with Crippen LogP contribution in [-0.4, -0.2) is 38.5 Å². The molecule has 0 radical (unpaired) electrons. The molecule has 0 bridgehead atoms. The lowest BCUT2D eigenvalue weighted by Gasteiger charge is -2.30. The van der Waals surface area contributed by atoms with Crippen LogP contribution in [0.1, 0.15) is 12.5 Å². The van der Waals surface area contributed by atoms with Crippen molar-refractivity contribution in [3.63, 3.8) is 0 Å². The fourth-order valence-corrected chi connectivity index (χ4v) is 3.73. The average Bonchev–Trinajstić information content (AvgIpc) is 2.32. The minimum absolute atomic E-state index is 0.0385. The monoisotopic (exact) mass is 273 g/mol. The van der Waals surface area contributed by atoms with Gasteiger partial charge in [0.2, 0.25) is 10.0 Å². The maximum atomic E-state index is 13.2. The molecule has 1 fully saturated rings. The van der Waals surface area contributed by atoms with E-state index >= 15 is 0 Å². The summed E-state index contributed by atoms with van der Waals surface area (Å²) in [7, 11) is -3.63. The normalized spacial score (nSPS) is 22.1. The van der Waals surface area contributed by atoms with E-state index in [1.165, 1.54) is 16.4 Å². The molecule has 0 N–H and O–H groups in total. The molecule has 1 atom stereocenters. The first kappa shape index (κ1) is 13.5. The van der Waals surface area contributed by atoms with Crippen molar-refractivity contribution in [1.29, 1.82) is 0 Å². The first-order chi connectivity index (χ1) is 8.41. The van der Waals surface area contributed by atoms with Crippen LogP contribution in [0.4, 0.5) is 4.39 Å². The second-order valence-electron chi connectivity index (χ2n) is 4.45. The smallest absolute Gasteiger partial charge is 0.243 e. The van der Waals surface area contributed by atoms with Crippen molar-refractivity contribution in [3.05, 3.63) is 29.6 Å². The third-order valence-corrected chi connectivity index (χ3v) is 4.98. The maximum Gasteiger partial charge on any atom is 0.243 e. The molecule has 1 aliphatic rings. The van der Waals surface area contributed by atoms with E-state index in [0.29, 0.717) is 25.3 Å². The molecule has 4 nitrogen and oxygen atoms in total. The molecule has 0 spiro atoms. The summed E-state index contributed by atoms with van der Waals surface area (Å²) in [6.45, 7) is 4.46. The molecule has 2 rings (SSSR count). The zero-order valence-electron chi connectivity index (χ0n) is 10.4. The van der Waals surface area contributed by atoms with Gasteiger partial charge < -0.3 is 4.74 Å². The number of hydrogen-bond donors (Lipinski definition) is 0. The van der Waals surface area contributed by atoms with Crippen LogP contribution in [-0.2, 0) is 14.8 Å². The van der Waals surface area contributed by atoms with Gasteiger partial charge >= 0.3 is 0 Å². The molecule has 0 amide bonds. The van der Waals surface area contributed by atoms with Gasteiger partial charge in [-0.05, 0) is 31.5 Å². The van der Waals surface area contributed by atoms with Crippen LogP contribution in [0.5, 0.6) is 0 Å². The Labute approximate surface area is 106 Å². The van der Waals surface area contributed by atoms with Crippen molar-refractivity contribution in [2.75, 3.05) is 19.7 Å². The van der Waals surface area contributed by atoms with Gasteiger partial charge in [0.15, 0.2) is 0 Å². The molecule has 100 valence electrons. The van der Waals surface area contributed by atoms with Crippen LogP contribution in [0.3, 0.4) is 0 Å². The molecule has 1 aliphatic heterocycles. The summed E-state index contributed by atoms with van der Waals surface area (Å²) in [6.07, 6.45) is -0.137. The molecule has 6 heteroatoms. The van der Waals surface area contributed by atoms with E-state index in [9.17, 15) is 12.8 Å².